The standard InChI is InChI=1S/C14H21F2N3O4/c1-5-22-12(20)9-8-10(11(15)16)19(18-9)7-6-17-13(21)23-14(2,3)4/h8,11H,5-7H2,1-4H3,(H,17,21). The smallest absolute Gasteiger partial charge is 0.407 e. The van der Waals surface area contributed by atoms with Gasteiger partial charge < -0.3 is 14.8 Å². The monoisotopic (exact) mass is 333 g/mol. The van der Waals surface area contributed by atoms with Crippen LogP contribution in [-0.4, -0.2) is 40.6 Å². The Hall–Kier alpha value is -2.19. The second-order valence-electron chi connectivity index (χ2n) is 5.63. The number of aromatic nitrogens is 2. The maximum atomic E-state index is 13.0. The molecular formula is C14H21F2N3O4. The Balaban J connectivity index is 2.68. The molecule has 0 bridgehead atoms. The lowest BCUT2D eigenvalue weighted by atomic mass is 10.2. The van der Waals surface area contributed by atoms with Crippen molar-refractivity contribution < 1.29 is 27.8 Å². The Bertz CT molecular complexity index is 553. The van der Waals surface area contributed by atoms with Crippen molar-refractivity contribution in [3.63, 3.8) is 0 Å². The first-order chi connectivity index (χ1) is 10.6. The molecule has 0 atom stereocenters. The molecule has 0 fully saturated rings. The first kappa shape index (κ1) is 18.9. The Morgan fingerprint density at radius 2 is 2.04 bits per heavy atom. The molecule has 0 spiro atoms. The minimum Gasteiger partial charge on any atom is -0.461 e. The van der Waals surface area contributed by atoms with E-state index in [4.69, 9.17) is 9.47 Å². The van der Waals surface area contributed by atoms with Crippen molar-refractivity contribution in [2.75, 3.05) is 13.2 Å². The molecule has 130 valence electrons. The number of halogens is 2. The number of carbonyl (C=O) groups is 2. The lowest BCUT2D eigenvalue weighted by Crippen LogP contribution is -2.34. The van der Waals surface area contributed by atoms with Crippen molar-refractivity contribution in [1.29, 1.82) is 0 Å². The number of alkyl halides is 2. The number of amides is 1. The van der Waals surface area contributed by atoms with E-state index in [1.807, 2.05) is 0 Å². The van der Waals surface area contributed by atoms with Gasteiger partial charge in [0.2, 0.25) is 0 Å². The first-order valence-corrected chi connectivity index (χ1v) is 7.14. The number of nitrogens with one attached hydrogen (secondary N) is 1. The molecule has 1 aromatic heterocycles. The number of ether oxygens (including phenoxy) is 2. The van der Waals surface area contributed by atoms with Gasteiger partial charge in [-0.1, -0.05) is 0 Å². The van der Waals surface area contributed by atoms with E-state index >= 15 is 0 Å². The SMILES string of the molecule is CCOC(=O)c1cc(C(F)F)n(CCNC(=O)OC(C)(C)C)n1. The fourth-order valence-corrected chi connectivity index (χ4v) is 1.67. The van der Waals surface area contributed by atoms with E-state index in [1.165, 1.54) is 0 Å². The Kier molecular flexibility index (Phi) is 6.47. The third-order valence-electron chi connectivity index (χ3n) is 2.51. The van der Waals surface area contributed by atoms with Crippen LogP contribution >= 0.6 is 0 Å². The summed E-state index contributed by atoms with van der Waals surface area (Å²) in [5.41, 5.74) is -1.26. The van der Waals surface area contributed by atoms with Crippen LogP contribution in [0.15, 0.2) is 6.07 Å². The van der Waals surface area contributed by atoms with Crippen LogP contribution in [0.2, 0.25) is 0 Å². The van der Waals surface area contributed by atoms with Crippen LogP contribution in [0.4, 0.5) is 13.6 Å². The van der Waals surface area contributed by atoms with Crippen molar-refractivity contribution in [3.05, 3.63) is 17.5 Å². The summed E-state index contributed by atoms with van der Waals surface area (Å²) >= 11 is 0. The maximum absolute atomic E-state index is 13.0. The van der Waals surface area contributed by atoms with Crippen LogP contribution < -0.4 is 5.32 Å². The number of carbonyl (C=O) groups excluding carboxylic acids is 2. The molecule has 9 heteroatoms. The molecule has 0 aliphatic heterocycles. The van der Waals surface area contributed by atoms with Crippen LogP contribution in [-0.2, 0) is 16.0 Å². The van der Waals surface area contributed by atoms with Gasteiger partial charge in [0.1, 0.15) is 11.3 Å². The Morgan fingerprint density at radius 1 is 1.39 bits per heavy atom. The normalized spacial score (nSPS) is 11.4. The van der Waals surface area contributed by atoms with E-state index in [1.54, 1.807) is 27.7 Å². The van der Waals surface area contributed by atoms with Gasteiger partial charge in [-0.3, -0.25) is 4.68 Å². The molecule has 1 aromatic rings. The highest BCUT2D eigenvalue weighted by Crippen LogP contribution is 2.20. The van der Waals surface area contributed by atoms with Crippen molar-refractivity contribution in [2.24, 2.45) is 0 Å². The summed E-state index contributed by atoms with van der Waals surface area (Å²) in [5.74, 6) is -0.770. The average Bonchev–Trinajstić information content (AvgIpc) is 2.81. The summed E-state index contributed by atoms with van der Waals surface area (Å²) in [5, 5.41) is 6.23. The van der Waals surface area contributed by atoms with Crippen molar-refractivity contribution in [2.45, 2.75) is 46.3 Å². The van der Waals surface area contributed by atoms with Gasteiger partial charge in [-0.05, 0) is 27.7 Å². The zero-order valence-electron chi connectivity index (χ0n) is 13.6. The number of nitrogens with zero attached hydrogens (tertiary/aromatic N) is 2. The third-order valence-corrected chi connectivity index (χ3v) is 2.51. The van der Waals surface area contributed by atoms with E-state index < -0.39 is 29.8 Å². The van der Waals surface area contributed by atoms with Gasteiger partial charge in [-0.15, -0.1) is 0 Å². The summed E-state index contributed by atoms with van der Waals surface area (Å²) in [6.07, 6.45) is -3.46. The van der Waals surface area contributed by atoms with Gasteiger partial charge >= 0.3 is 12.1 Å². The number of alkyl carbamates (subject to hydrolysis) is 1. The van der Waals surface area contributed by atoms with Crippen LogP contribution in [0.1, 0.15) is 50.3 Å². The topological polar surface area (TPSA) is 82.5 Å². The third kappa shape index (κ3) is 6.21. The zero-order chi connectivity index (χ0) is 17.6. The fraction of sp³-hybridized carbons (Fsp3) is 0.643. The molecule has 0 saturated heterocycles. The highest BCUT2D eigenvalue weighted by molar-refractivity contribution is 5.87. The highest BCUT2D eigenvalue weighted by atomic mass is 19.3. The quantitative estimate of drug-likeness (QED) is 0.809. The number of hydrogen-bond donors (Lipinski definition) is 1. The number of esters is 1. The minimum absolute atomic E-state index is 0.0264. The lowest BCUT2D eigenvalue weighted by molar-refractivity contribution is 0.0506. The molecule has 23 heavy (non-hydrogen) atoms. The van der Waals surface area contributed by atoms with Gasteiger partial charge in [0.15, 0.2) is 5.69 Å². The van der Waals surface area contributed by atoms with Crippen molar-refractivity contribution in [1.82, 2.24) is 15.1 Å². The average molecular weight is 333 g/mol. The van der Waals surface area contributed by atoms with E-state index in [0.29, 0.717) is 0 Å². The fourth-order valence-electron chi connectivity index (χ4n) is 1.67. The summed E-state index contributed by atoms with van der Waals surface area (Å²) < 4.78 is 36.7. The summed E-state index contributed by atoms with van der Waals surface area (Å²) in [6.45, 7) is 6.85. The van der Waals surface area contributed by atoms with Crippen LogP contribution in [0.3, 0.4) is 0 Å². The van der Waals surface area contributed by atoms with Crippen molar-refractivity contribution >= 4 is 12.1 Å². The van der Waals surface area contributed by atoms with Gasteiger partial charge in [-0.2, -0.15) is 5.10 Å². The first-order valence-electron chi connectivity index (χ1n) is 7.14. The number of rotatable bonds is 6. The predicted octanol–water partition coefficient (Wildman–Crippen LogP) is 2.52. The van der Waals surface area contributed by atoms with Gasteiger partial charge in [0.05, 0.1) is 13.2 Å². The van der Waals surface area contributed by atoms with E-state index in [0.717, 1.165) is 10.7 Å². The van der Waals surface area contributed by atoms with Crippen LogP contribution in [0.5, 0.6) is 0 Å². The molecule has 0 aliphatic rings. The molecule has 0 aliphatic carbocycles. The molecule has 1 N–H and O–H groups in total. The molecule has 7 nitrogen and oxygen atoms in total. The lowest BCUT2D eigenvalue weighted by Gasteiger charge is -2.19. The number of hydrogen-bond acceptors (Lipinski definition) is 5. The molecule has 0 saturated carbocycles. The zero-order valence-corrected chi connectivity index (χ0v) is 13.6. The maximum Gasteiger partial charge on any atom is 0.407 e. The predicted molar refractivity (Wildman–Crippen MR) is 77.4 cm³/mol. The molecule has 1 rings (SSSR count). The minimum atomic E-state index is -2.80. The summed E-state index contributed by atoms with van der Waals surface area (Å²) in [6, 6.07) is 0.982. The van der Waals surface area contributed by atoms with Crippen molar-refractivity contribution in [3.8, 4) is 0 Å². The van der Waals surface area contributed by atoms with E-state index in [9.17, 15) is 18.4 Å². The molecular weight excluding hydrogens is 312 g/mol. The summed E-state index contributed by atoms with van der Waals surface area (Å²) in [7, 11) is 0. The summed E-state index contributed by atoms with van der Waals surface area (Å²) in [4.78, 5) is 23.0. The molecule has 1 amide bonds. The van der Waals surface area contributed by atoms with Gasteiger partial charge in [0.25, 0.3) is 6.43 Å². The molecule has 0 unspecified atom stereocenters. The molecule has 1 heterocycles. The Morgan fingerprint density at radius 3 is 2.57 bits per heavy atom. The van der Waals surface area contributed by atoms with E-state index in [2.05, 4.69) is 10.4 Å². The van der Waals surface area contributed by atoms with Crippen LogP contribution in [0, 0.1) is 0 Å². The van der Waals surface area contributed by atoms with Gasteiger partial charge in [0, 0.05) is 12.6 Å². The molecule has 0 aromatic carbocycles. The second-order valence-corrected chi connectivity index (χ2v) is 5.63. The Labute approximate surface area is 132 Å². The second kappa shape index (κ2) is 7.89. The van der Waals surface area contributed by atoms with Crippen LogP contribution in [0.25, 0.3) is 0 Å². The van der Waals surface area contributed by atoms with E-state index in [-0.39, 0.29) is 25.4 Å². The highest BCUT2D eigenvalue weighted by Gasteiger charge is 2.21. The largest absolute Gasteiger partial charge is 0.461 e. The molecule has 0 radical (unpaired) electrons. The van der Waals surface area contributed by atoms with Gasteiger partial charge in [-0.25, -0.2) is 18.4 Å².